The summed E-state index contributed by atoms with van der Waals surface area (Å²) in [4.78, 5) is 30.0. The number of piperidine rings is 1. The minimum atomic E-state index is -0.270. The van der Waals surface area contributed by atoms with Gasteiger partial charge < -0.3 is 15.1 Å². The van der Waals surface area contributed by atoms with E-state index < -0.39 is 0 Å². The summed E-state index contributed by atoms with van der Waals surface area (Å²) in [6, 6.07) is 10.3. The number of β-lactam (4-membered cyclic amide) rings is 1. The van der Waals surface area contributed by atoms with Crippen molar-refractivity contribution in [3.05, 3.63) is 35.9 Å². The maximum atomic E-state index is 13.1. The van der Waals surface area contributed by atoms with Gasteiger partial charge in [0.1, 0.15) is 6.54 Å². The standard InChI is InChI=1S/C24H35N3O2/c28-21(25-15-10-18-26-16-8-3-9-17-26)19-27-22(20-11-4-1-5-12-20)24(23(27)29)13-6-2-7-14-24/h1,4-5,11-12,22H,2-3,6-10,13-19H2,(H,25,28). The third-order valence-corrected chi connectivity index (χ3v) is 7.12. The van der Waals surface area contributed by atoms with Gasteiger partial charge in [-0.3, -0.25) is 9.59 Å². The summed E-state index contributed by atoms with van der Waals surface area (Å²) in [6.07, 6.45) is 10.3. The first-order valence-corrected chi connectivity index (χ1v) is 11.6. The summed E-state index contributed by atoms with van der Waals surface area (Å²) in [7, 11) is 0. The third-order valence-electron chi connectivity index (χ3n) is 7.12. The molecule has 1 atom stereocenters. The molecule has 0 aromatic heterocycles. The molecule has 0 bridgehead atoms. The van der Waals surface area contributed by atoms with Crippen LogP contribution < -0.4 is 5.32 Å². The first-order valence-electron chi connectivity index (χ1n) is 11.6. The van der Waals surface area contributed by atoms with Gasteiger partial charge >= 0.3 is 0 Å². The Hall–Kier alpha value is -1.88. The van der Waals surface area contributed by atoms with Gasteiger partial charge in [0.2, 0.25) is 11.8 Å². The monoisotopic (exact) mass is 397 g/mol. The van der Waals surface area contributed by atoms with Crippen molar-refractivity contribution < 1.29 is 9.59 Å². The van der Waals surface area contributed by atoms with Crippen molar-refractivity contribution in [3.63, 3.8) is 0 Å². The summed E-state index contributed by atoms with van der Waals surface area (Å²) in [5.74, 6) is 0.165. The zero-order valence-corrected chi connectivity index (χ0v) is 17.6. The van der Waals surface area contributed by atoms with Crippen molar-refractivity contribution >= 4 is 11.8 Å². The Morgan fingerprint density at radius 3 is 2.41 bits per heavy atom. The molecule has 158 valence electrons. The van der Waals surface area contributed by atoms with Crippen molar-refractivity contribution in [2.75, 3.05) is 32.7 Å². The fourth-order valence-electron chi connectivity index (χ4n) is 5.64. The smallest absolute Gasteiger partial charge is 0.239 e. The number of benzene rings is 1. The molecule has 2 heterocycles. The molecule has 0 radical (unpaired) electrons. The lowest BCUT2D eigenvalue weighted by atomic mass is 9.60. The summed E-state index contributed by atoms with van der Waals surface area (Å²) >= 11 is 0. The highest BCUT2D eigenvalue weighted by Gasteiger charge is 2.60. The Labute approximate surface area is 174 Å². The highest BCUT2D eigenvalue weighted by atomic mass is 16.2. The van der Waals surface area contributed by atoms with Crippen LogP contribution in [0.3, 0.4) is 0 Å². The molecule has 1 N–H and O–H groups in total. The van der Waals surface area contributed by atoms with E-state index in [2.05, 4.69) is 22.3 Å². The maximum Gasteiger partial charge on any atom is 0.239 e. The zero-order valence-electron chi connectivity index (χ0n) is 17.6. The van der Waals surface area contributed by atoms with Gasteiger partial charge in [-0.05, 0) is 57.3 Å². The molecule has 1 spiro atoms. The Morgan fingerprint density at radius 2 is 1.69 bits per heavy atom. The van der Waals surface area contributed by atoms with E-state index in [-0.39, 0.29) is 29.8 Å². The van der Waals surface area contributed by atoms with Crippen LogP contribution >= 0.6 is 0 Å². The Balaban J connectivity index is 1.32. The average Bonchev–Trinajstić information content (AvgIpc) is 2.78. The van der Waals surface area contributed by atoms with Crippen LogP contribution in [-0.2, 0) is 9.59 Å². The molecule has 1 aromatic rings. The molecule has 1 aliphatic carbocycles. The number of amides is 2. The minimum absolute atomic E-state index is 0.0245. The van der Waals surface area contributed by atoms with Gasteiger partial charge in [0.15, 0.2) is 0 Å². The quantitative estimate of drug-likeness (QED) is 0.566. The summed E-state index contributed by atoms with van der Waals surface area (Å²) in [6.45, 7) is 4.31. The fraction of sp³-hybridized carbons (Fsp3) is 0.667. The van der Waals surface area contributed by atoms with Gasteiger partial charge in [-0.2, -0.15) is 0 Å². The van der Waals surface area contributed by atoms with Crippen molar-refractivity contribution in [1.82, 2.24) is 15.1 Å². The predicted molar refractivity (Wildman–Crippen MR) is 114 cm³/mol. The van der Waals surface area contributed by atoms with Crippen molar-refractivity contribution in [2.24, 2.45) is 5.41 Å². The van der Waals surface area contributed by atoms with Crippen LogP contribution in [0.25, 0.3) is 0 Å². The second-order valence-electron chi connectivity index (χ2n) is 9.07. The fourth-order valence-corrected chi connectivity index (χ4v) is 5.64. The molecule has 1 aromatic carbocycles. The predicted octanol–water partition coefficient (Wildman–Crippen LogP) is 3.51. The van der Waals surface area contributed by atoms with E-state index in [1.165, 1.54) is 44.3 Å². The number of nitrogens with zero attached hydrogens (tertiary/aromatic N) is 2. The molecule has 3 fully saturated rings. The number of nitrogens with one attached hydrogen (secondary N) is 1. The van der Waals surface area contributed by atoms with Crippen molar-refractivity contribution in [1.29, 1.82) is 0 Å². The Bertz CT molecular complexity index is 693. The summed E-state index contributed by atoms with van der Waals surface area (Å²) in [5.41, 5.74) is 0.903. The van der Waals surface area contributed by atoms with Crippen LogP contribution in [0.4, 0.5) is 0 Å². The van der Waals surface area contributed by atoms with E-state index in [9.17, 15) is 9.59 Å². The van der Waals surface area contributed by atoms with E-state index in [1.54, 1.807) is 0 Å². The van der Waals surface area contributed by atoms with Crippen LogP contribution in [-0.4, -0.2) is 54.3 Å². The lowest BCUT2D eigenvalue weighted by Crippen LogP contribution is -2.65. The lowest BCUT2D eigenvalue weighted by molar-refractivity contribution is -0.180. The molecule has 4 rings (SSSR count). The Morgan fingerprint density at radius 1 is 1.00 bits per heavy atom. The van der Waals surface area contributed by atoms with Crippen molar-refractivity contribution in [2.45, 2.75) is 63.8 Å². The van der Waals surface area contributed by atoms with Gasteiger partial charge in [-0.25, -0.2) is 0 Å². The van der Waals surface area contributed by atoms with Gasteiger partial charge in [0, 0.05) is 6.54 Å². The maximum absolute atomic E-state index is 13.1. The first kappa shape index (κ1) is 20.4. The van der Waals surface area contributed by atoms with Crippen LogP contribution in [0.5, 0.6) is 0 Å². The van der Waals surface area contributed by atoms with E-state index in [4.69, 9.17) is 0 Å². The topological polar surface area (TPSA) is 52.7 Å². The van der Waals surface area contributed by atoms with Gasteiger partial charge in [0.05, 0.1) is 11.5 Å². The molecule has 2 saturated heterocycles. The van der Waals surface area contributed by atoms with E-state index in [0.29, 0.717) is 6.54 Å². The summed E-state index contributed by atoms with van der Waals surface area (Å²) < 4.78 is 0. The molecule has 2 aliphatic heterocycles. The zero-order chi connectivity index (χ0) is 20.1. The molecular formula is C24H35N3O2. The third kappa shape index (κ3) is 4.35. The number of hydrogen-bond donors (Lipinski definition) is 1. The normalized spacial score (nSPS) is 24.3. The first-order chi connectivity index (χ1) is 14.2. The van der Waals surface area contributed by atoms with Crippen LogP contribution in [0.1, 0.15) is 69.4 Å². The van der Waals surface area contributed by atoms with E-state index >= 15 is 0 Å². The molecule has 29 heavy (non-hydrogen) atoms. The number of likely N-dealkylation sites (tertiary alicyclic amines) is 2. The van der Waals surface area contributed by atoms with Crippen LogP contribution in [0.2, 0.25) is 0 Å². The number of hydrogen-bond acceptors (Lipinski definition) is 3. The SMILES string of the molecule is O=C(CN1C(=O)C2(CCCCC2)C1c1ccccc1)NCCCN1CCCCC1. The van der Waals surface area contributed by atoms with Gasteiger partial charge in [-0.15, -0.1) is 0 Å². The number of carbonyl (C=O) groups is 2. The molecule has 1 saturated carbocycles. The molecule has 3 aliphatic rings. The molecule has 2 amide bonds. The average molecular weight is 398 g/mol. The second kappa shape index (κ2) is 9.29. The van der Waals surface area contributed by atoms with Crippen LogP contribution in [0.15, 0.2) is 30.3 Å². The van der Waals surface area contributed by atoms with Crippen molar-refractivity contribution in [3.8, 4) is 0 Å². The lowest BCUT2D eigenvalue weighted by Gasteiger charge is -2.58. The van der Waals surface area contributed by atoms with Crippen LogP contribution in [0, 0.1) is 5.41 Å². The van der Waals surface area contributed by atoms with Gasteiger partial charge in [0.25, 0.3) is 0 Å². The summed E-state index contributed by atoms with van der Waals surface area (Å²) in [5, 5.41) is 3.05. The molecule has 1 unspecified atom stereocenters. The highest BCUT2D eigenvalue weighted by Crippen LogP contribution is 2.57. The van der Waals surface area contributed by atoms with Gasteiger partial charge in [-0.1, -0.05) is 56.0 Å². The molecule has 5 heteroatoms. The van der Waals surface area contributed by atoms with E-state index in [0.717, 1.165) is 38.6 Å². The number of carbonyl (C=O) groups excluding carboxylic acids is 2. The second-order valence-corrected chi connectivity index (χ2v) is 9.07. The molecule has 5 nitrogen and oxygen atoms in total. The molecular weight excluding hydrogens is 362 g/mol. The highest BCUT2D eigenvalue weighted by molar-refractivity contribution is 5.94. The van der Waals surface area contributed by atoms with E-state index in [1.807, 2.05) is 23.1 Å². The number of rotatable bonds is 7. The largest absolute Gasteiger partial charge is 0.355 e. The minimum Gasteiger partial charge on any atom is -0.355 e. The Kier molecular flexibility index (Phi) is 6.53.